The van der Waals surface area contributed by atoms with Crippen LogP contribution < -0.4 is 5.32 Å². The summed E-state index contributed by atoms with van der Waals surface area (Å²) in [5.74, 6) is 0.798. The van der Waals surface area contributed by atoms with Crippen molar-refractivity contribution in [2.75, 3.05) is 5.32 Å². The Bertz CT molecular complexity index is 350. The lowest BCUT2D eigenvalue weighted by Crippen LogP contribution is -2.41. The number of alkyl halides is 1. The molecule has 1 aliphatic heterocycles. The topological polar surface area (TPSA) is 12.0 Å². The van der Waals surface area contributed by atoms with Gasteiger partial charge in [-0.3, -0.25) is 0 Å². The summed E-state index contributed by atoms with van der Waals surface area (Å²) in [5.41, 5.74) is 2.93. The van der Waals surface area contributed by atoms with Crippen LogP contribution in [0.5, 0.6) is 0 Å². The fourth-order valence-corrected chi connectivity index (χ4v) is 4.07. The lowest BCUT2D eigenvalue weighted by Gasteiger charge is -2.41. The molecular weight excluding hydrogens is 285 g/mol. The highest BCUT2D eigenvalue weighted by molar-refractivity contribution is 14.1. The van der Waals surface area contributed by atoms with Crippen LogP contribution in [0.25, 0.3) is 0 Å². The van der Waals surface area contributed by atoms with Crippen molar-refractivity contribution >= 4 is 28.3 Å². The highest BCUT2D eigenvalue weighted by Crippen LogP contribution is 2.45. The van der Waals surface area contributed by atoms with Gasteiger partial charge in [-0.15, -0.1) is 0 Å². The first kappa shape index (κ1) is 9.01. The highest BCUT2D eigenvalue weighted by Gasteiger charge is 2.37. The molecule has 1 fully saturated rings. The van der Waals surface area contributed by atoms with Crippen molar-refractivity contribution in [3.05, 3.63) is 29.8 Å². The van der Waals surface area contributed by atoms with Crippen LogP contribution in [0.3, 0.4) is 0 Å². The lowest BCUT2D eigenvalue weighted by atomic mass is 9.77. The van der Waals surface area contributed by atoms with E-state index in [1.165, 1.54) is 24.9 Å². The van der Waals surface area contributed by atoms with E-state index in [-0.39, 0.29) is 0 Å². The molecule has 1 saturated carbocycles. The van der Waals surface area contributed by atoms with Gasteiger partial charge in [0.2, 0.25) is 0 Å². The van der Waals surface area contributed by atoms with Gasteiger partial charge in [0.05, 0.1) is 0 Å². The van der Waals surface area contributed by atoms with E-state index in [1.54, 1.807) is 5.56 Å². The Morgan fingerprint density at radius 1 is 1.21 bits per heavy atom. The van der Waals surface area contributed by atoms with E-state index in [9.17, 15) is 0 Å². The van der Waals surface area contributed by atoms with Crippen LogP contribution in [-0.4, -0.2) is 9.97 Å². The van der Waals surface area contributed by atoms with Crippen LogP contribution in [0.4, 0.5) is 5.69 Å². The molecule has 3 rings (SSSR count). The first-order valence-electron chi connectivity index (χ1n) is 5.36. The highest BCUT2D eigenvalue weighted by atomic mass is 127. The molecule has 14 heavy (non-hydrogen) atoms. The Morgan fingerprint density at radius 3 is 3.00 bits per heavy atom. The van der Waals surface area contributed by atoms with Crippen LogP contribution in [0.15, 0.2) is 24.3 Å². The molecule has 2 bridgehead atoms. The summed E-state index contributed by atoms with van der Waals surface area (Å²) < 4.78 is 0.788. The molecule has 2 heteroatoms. The van der Waals surface area contributed by atoms with Crippen molar-refractivity contribution in [1.29, 1.82) is 0 Å². The van der Waals surface area contributed by atoms with Crippen molar-refractivity contribution in [1.82, 2.24) is 0 Å². The minimum atomic E-state index is 0.712. The van der Waals surface area contributed by atoms with Crippen LogP contribution >= 0.6 is 22.6 Å². The number of nitrogens with one attached hydrogen (secondary N) is 1. The third-order valence-electron chi connectivity index (χ3n) is 3.50. The minimum absolute atomic E-state index is 0.712. The summed E-state index contributed by atoms with van der Waals surface area (Å²) in [6.45, 7) is 0. The van der Waals surface area contributed by atoms with E-state index < -0.39 is 0 Å². The SMILES string of the molecule is IC1C2CCCC1c1ccccc1N2. The van der Waals surface area contributed by atoms with E-state index in [0.29, 0.717) is 6.04 Å². The van der Waals surface area contributed by atoms with Crippen molar-refractivity contribution in [3.63, 3.8) is 0 Å². The third kappa shape index (κ3) is 1.27. The standard InChI is InChI=1S/C12H14IN/c13-12-9-5-3-7-11(12)14-10-6-2-1-4-8(9)10/h1-2,4,6,9,11-12,14H,3,5,7H2. The summed E-state index contributed by atoms with van der Waals surface area (Å²) in [5, 5.41) is 3.67. The monoisotopic (exact) mass is 299 g/mol. The number of para-hydroxylation sites is 1. The Labute approximate surface area is 98.4 Å². The van der Waals surface area contributed by atoms with E-state index in [2.05, 4.69) is 52.2 Å². The third-order valence-corrected chi connectivity index (χ3v) is 5.24. The summed E-state index contributed by atoms with van der Waals surface area (Å²) in [4.78, 5) is 0. The number of halogens is 1. The van der Waals surface area contributed by atoms with Gasteiger partial charge in [0.15, 0.2) is 0 Å². The van der Waals surface area contributed by atoms with Crippen LogP contribution in [0, 0.1) is 0 Å². The number of fused-ring (bicyclic) bond motifs is 4. The average Bonchev–Trinajstić information content (AvgIpc) is 2.18. The largest absolute Gasteiger partial charge is 0.381 e. The molecule has 2 aliphatic rings. The van der Waals surface area contributed by atoms with Gasteiger partial charge in [-0.05, 0) is 30.4 Å². The average molecular weight is 299 g/mol. The van der Waals surface area contributed by atoms with Crippen molar-refractivity contribution in [2.24, 2.45) is 0 Å². The minimum Gasteiger partial charge on any atom is -0.381 e. The quantitative estimate of drug-likeness (QED) is 0.570. The van der Waals surface area contributed by atoms with Gasteiger partial charge < -0.3 is 5.32 Å². The summed E-state index contributed by atoms with van der Waals surface area (Å²) in [6.07, 6.45) is 4.11. The molecule has 74 valence electrons. The fraction of sp³-hybridized carbons (Fsp3) is 0.500. The molecule has 3 atom stereocenters. The first-order chi connectivity index (χ1) is 6.86. The molecule has 1 heterocycles. The Kier molecular flexibility index (Phi) is 2.19. The van der Waals surface area contributed by atoms with Crippen molar-refractivity contribution < 1.29 is 0 Å². The van der Waals surface area contributed by atoms with Gasteiger partial charge in [0.1, 0.15) is 0 Å². The molecule has 0 aromatic heterocycles. The molecule has 1 N–H and O–H groups in total. The van der Waals surface area contributed by atoms with Crippen molar-refractivity contribution in [2.45, 2.75) is 35.1 Å². The number of benzene rings is 1. The van der Waals surface area contributed by atoms with Crippen molar-refractivity contribution in [3.8, 4) is 0 Å². The Morgan fingerprint density at radius 2 is 2.07 bits per heavy atom. The van der Waals surface area contributed by atoms with Gasteiger partial charge in [0.25, 0.3) is 0 Å². The second-order valence-corrected chi connectivity index (χ2v) is 5.76. The maximum Gasteiger partial charge on any atom is 0.0385 e. The van der Waals surface area contributed by atoms with Gasteiger partial charge >= 0.3 is 0 Å². The number of hydrogen-bond donors (Lipinski definition) is 1. The second-order valence-electron chi connectivity index (χ2n) is 4.32. The summed E-state index contributed by atoms with van der Waals surface area (Å²) in [7, 11) is 0. The smallest absolute Gasteiger partial charge is 0.0385 e. The molecule has 1 aliphatic carbocycles. The Hall–Kier alpha value is -0.250. The second kappa shape index (κ2) is 3.40. The first-order valence-corrected chi connectivity index (χ1v) is 6.60. The molecule has 0 radical (unpaired) electrons. The molecule has 1 aromatic carbocycles. The normalized spacial score (nSPS) is 34.5. The zero-order valence-electron chi connectivity index (χ0n) is 8.04. The fourth-order valence-electron chi connectivity index (χ4n) is 2.79. The summed E-state index contributed by atoms with van der Waals surface area (Å²) >= 11 is 2.63. The van der Waals surface area contributed by atoms with Gasteiger partial charge in [-0.25, -0.2) is 0 Å². The van der Waals surface area contributed by atoms with Gasteiger partial charge in [-0.2, -0.15) is 0 Å². The van der Waals surface area contributed by atoms with Crippen LogP contribution in [0.1, 0.15) is 30.7 Å². The molecule has 1 aromatic rings. The number of anilines is 1. The zero-order valence-corrected chi connectivity index (χ0v) is 10.2. The predicted molar refractivity (Wildman–Crippen MR) is 68.3 cm³/mol. The lowest BCUT2D eigenvalue weighted by molar-refractivity contribution is 0.421. The van der Waals surface area contributed by atoms with E-state index in [4.69, 9.17) is 0 Å². The van der Waals surface area contributed by atoms with Crippen LogP contribution in [0.2, 0.25) is 0 Å². The molecule has 3 unspecified atom stereocenters. The number of hydrogen-bond acceptors (Lipinski definition) is 1. The molecule has 1 nitrogen and oxygen atoms in total. The van der Waals surface area contributed by atoms with E-state index in [1.807, 2.05) is 0 Å². The molecular formula is C12H14IN. The molecule has 0 spiro atoms. The van der Waals surface area contributed by atoms with Gasteiger partial charge in [0, 0.05) is 15.7 Å². The van der Waals surface area contributed by atoms with Gasteiger partial charge in [-0.1, -0.05) is 47.2 Å². The number of rotatable bonds is 0. The molecule has 0 amide bonds. The maximum absolute atomic E-state index is 3.67. The van der Waals surface area contributed by atoms with Crippen LogP contribution in [-0.2, 0) is 0 Å². The molecule has 0 saturated heterocycles. The predicted octanol–water partition coefficient (Wildman–Crippen LogP) is 3.55. The Balaban J connectivity index is 2.08. The summed E-state index contributed by atoms with van der Waals surface area (Å²) in [6, 6.07) is 9.53. The van der Waals surface area contributed by atoms with E-state index in [0.717, 1.165) is 9.84 Å². The maximum atomic E-state index is 3.67. The zero-order chi connectivity index (χ0) is 9.54. The van der Waals surface area contributed by atoms with E-state index >= 15 is 0 Å².